The fourth-order valence-electron chi connectivity index (χ4n) is 2.63. The van der Waals surface area contributed by atoms with Gasteiger partial charge in [0, 0.05) is 13.1 Å². The summed E-state index contributed by atoms with van der Waals surface area (Å²) in [6.07, 6.45) is 1.50. The lowest BCUT2D eigenvalue weighted by Gasteiger charge is -2.28. The van der Waals surface area contributed by atoms with E-state index in [9.17, 15) is 19.5 Å². The second-order valence-corrected chi connectivity index (χ2v) is 6.69. The van der Waals surface area contributed by atoms with Crippen LogP contribution in [0.2, 0.25) is 0 Å². The first kappa shape index (κ1) is 18.3. The van der Waals surface area contributed by atoms with Crippen molar-refractivity contribution in [1.82, 2.24) is 9.80 Å². The second-order valence-electron chi connectivity index (χ2n) is 5.69. The van der Waals surface area contributed by atoms with Crippen LogP contribution in [0.1, 0.15) is 5.56 Å². The van der Waals surface area contributed by atoms with E-state index >= 15 is 0 Å². The summed E-state index contributed by atoms with van der Waals surface area (Å²) in [6.45, 7) is 1.53. The molecule has 9 heteroatoms. The van der Waals surface area contributed by atoms with E-state index in [1.165, 1.54) is 19.3 Å². The second kappa shape index (κ2) is 7.79. The first-order valence-electron chi connectivity index (χ1n) is 7.97. The van der Waals surface area contributed by atoms with Crippen molar-refractivity contribution in [2.24, 2.45) is 0 Å². The van der Waals surface area contributed by atoms with Gasteiger partial charge in [0.05, 0.1) is 25.2 Å². The van der Waals surface area contributed by atoms with Crippen LogP contribution in [0.15, 0.2) is 23.1 Å². The van der Waals surface area contributed by atoms with Gasteiger partial charge in [-0.1, -0.05) is 6.07 Å². The molecule has 2 heterocycles. The molecule has 0 saturated carbocycles. The van der Waals surface area contributed by atoms with Gasteiger partial charge in [-0.2, -0.15) is 0 Å². The molecule has 1 aromatic carbocycles. The van der Waals surface area contributed by atoms with Crippen LogP contribution < -0.4 is 4.74 Å². The summed E-state index contributed by atoms with van der Waals surface area (Å²) in [4.78, 5) is 39.6. The van der Waals surface area contributed by atoms with E-state index in [0.29, 0.717) is 37.6 Å². The minimum absolute atomic E-state index is 0.0667. The fraction of sp³-hybridized carbons (Fsp3) is 0.353. The fourth-order valence-corrected chi connectivity index (χ4v) is 3.47. The van der Waals surface area contributed by atoms with E-state index in [4.69, 9.17) is 9.47 Å². The first-order valence-corrected chi connectivity index (χ1v) is 8.79. The third-order valence-electron chi connectivity index (χ3n) is 4.03. The summed E-state index contributed by atoms with van der Waals surface area (Å²) in [5.74, 6) is -0.551. The number of nitrogens with zero attached hydrogens (tertiary/aromatic N) is 2. The van der Waals surface area contributed by atoms with Crippen molar-refractivity contribution in [3.63, 3.8) is 0 Å². The first-order chi connectivity index (χ1) is 12.5. The molecule has 3 rings (SSSR count). The summed E-state index contributed by atoms with van der Waals surface area (Å²) in [6, 6.07) is 4.66. The molecule has 0 spiro atoms. The standard InChI is InChI=1S/C17H18N2O6S/c1-24-13-3-2-11(8-12(13)20)9-14-16(22)19(17(23)26-14)10-15(21)18-4-6-25-7-5-18/h2-3,8-9,20H,4-7,10H2,1H3. The highest BCUT2D eigenvalue weighted by Crippen LogP contribution is 2.34. The number of methoxy groups -OCH3 is 1. The van der Waals surface area contributed by atoms with Gasteiger partial charge >= 0.3 is 0 Å². The number of imide groups is 1. The van der Waals surface area contributed by atoms with Crippen molar-refractivity contribution in [2.45, 2.75) is 0 Å². The molecule has 1 aromatic rings. The molecular weight excluding hydrogens is 360 g/mol. The number of phenolic OH excluding ortho intramolecular Hbond substituents is 1. The van der Waals surface area contributed by atoms with Gasteiger partial charge in [0.25, 0.3) is 11.1 Å². The molecule has 8 nitrogen and oxygen atoms in total. The molecule has 0 radical (unpaired) electrons. The summed E-state index contributed by atoms with van der Waals surface area (Å²) in [7, 11) is 1.44. The molecule has 0 bridgehead atoms. The van der Waals surface area contributed by atoms with Crippen molar-refractivity contribution in [2.75, 3.05) is 40.0 Å². The molecule has 26 heavy (non-hydrogen) atoms. The molecule has 2 aliphatic rings. The number of amides is 3. The summed E-state index contributed by atoms with van der Waals surface area (Å²) >= 11 is 0.771. The Balaban J connectivity index is 1.71. The minimum atomic E-state index is -0.517. The third kappa shape index (κ3) is 3.83. The van der Waals surface area contributed by atoms with Crippen molar-refractivity contribution >= 4 is 34.9 Å². The molecule has 0 atom stereocenters. The summed E-state index contributed by atoms with van der Waals surface area (Å²) < 4.78 is 10.2. The molecule has 0 aromatic heterocycles. The Morgan fingerprint density at radius 1 is 1.35 bits per heavy atom. The Labute approximate surface area is 154 Å². The van der Waals surface area contributed by atoms with Crippen molar-refractivity contribution < 1.29 is 29.0 Å². The number of phenols is 1. The smallest absolute Gasteiger partial charge is 0.294 e. The lowest BCUT2D eigenvalue weighted by atomic mass is 10.2. The number of rotatable bonds is 4. The SMILES string of the molecule is COc1ccc(C=C2SC(=O)N(CC(=O)N3CCOCC3)C2=O)cc1O. The number of ether oxygens (including phenoxy) is 2. The highest BCUT2D eigenvalue weighted by atomic mass is 32.2. The van der Waals surface area contributed by atoms with E-state index in [0.717, 1.165) is 16.7 Å². The third-order valence-corrected chi connectivity index (χ3v) is 4.94. The number of carbonyl (C=O) groups excluding carboxylic acids is 3. The van der Waals surface area contributed by atoms with Crippen LogP contribution in [0.25, 0.3) is 6.08 Å². The Kier molecular flexibility index (Phi) is 5.48. The Morgan fingerprint density at radius 2 is 2.08 bits per heavy atom. The van der Waals surface area contributed by atoms with Crippen molar-refractivity contribution in [3.8, 4) is 11.5 Å². The van der Waals surface area contributed by atoms with Crippen LogP contribution in [-0.4, -0.2) is 71.9 Å². The average Bonchev–Trinajstić information content (AvgIpc) is 2.90. The van der Waals surface area contributed by atoms with Crippen LogP contribution >= 0.6 is 11.8 Å². The Hall–Kier alpha value is -2.52. The van der Waals surface area contributed by atoms with E-state index in [1.54, 1.807) is 17.0 Å². The Morgan fingerprint density at radius 3 is 2.73 bits per heavy atom. The minimum Gasteiger partial charge on any atom is -0.504 e. The van der Waals surface area contributed by atoms with Gasteiger partial charge in [0.1, 0.15) is 6.54 Å². The molecule has 0 aliphatic carbocycles. The van der Waals surface area contributed by atoms with Gasteiger partial charge in [0.2, 0.25) is 5.91 Å². The number of thioether (sulfide) groups is 1. The number of aromatic hydroxyl groups is 1. The molecule has 2 aliphatic heterocycles. The maximum Gasteiger partial charge on any atom is 0.294 e. The molecule has 3 amide bonds. The molecule has 1 N–H and O–H groups in total. The predicted octanol–water partition coefficient (Wildman–Crippen LogP) is 1.30. The molecule has 2 saturated heterocycles. The zero-order valence-corrected chi connectivity index (χ0v) is 15.0. The number of carbonyl (C=O) groups is 3. The quantitative estimate of drug-likeness (QED) is 0.789. The highest BCUT2D eigenvalue weighted by Gasteiger charge is 2.37. The van der Waals surface area contributed by atoms with Gasteiger partial charge < -0.3 is 19.5 Å². The van der Waals surface area contributed by atoms with Gasteiger partial charge in [-0.05, 0) is 35.5 Å². The maximum atomic E-state index is 12.5. The van der Waals surface area contributed by atoms with Crippen molar-refractivity contribution in [1.29, 1.82) is 0 Å². The monoisotopic (exact) mass is 378 g/mol. The largest absolute Gasteiger partial charge is 0.504 e. The average molecular weight is 378 g/mol. The topological polar surface area (TPSA) is 96.4 Å². The van der Waals surface area contributed by atoms with Gasteiger partial charge in [-0.25, -0.2) is 0 Å². The zero-order valence-electron chi connectivity index (χ0n) is 14.1. The van der Waals surface area contributed by atoms with E-state index in [2.05, 4.69) is 0 Å². The van der Waals surface area contributed by atoms with Crippen LogP contribution in [0.4, 0.5) is 4.79 Å². The van der Waals surface area contributed by atoms with Crippen molar-refractivity contribution in [3.05, 3.63) is 28.7 Å². The van der Waals surface area contributed by atoms with E-state index in [-0.39, 0.29) is 23.1 Å². The van der Waals surface area contributed by atoms with Gasteiger partial charge in [-0.15, -0.1) is 0 Å². The Bertz CT molecular complexity index is 773. The summed E-state index contributed by atoms with van der Waals surface area (Å²) in [5, 5.41) is 9.33. The number of morpholine rings is 1. The number of hydrogen-bond donors (Lipinski definition) is 1. The predicted molar refractivity (Wildman–Crippen MR) is 94.7 cm³/mol. The highest BCUT2D eigenvalue weighted by molar-refractivity contribution is 8.18. The van der Waals surface area contributed by atoms with Crippen LogP contribution in [0, 0.1) is 0 Å². The lowest BCUT2D eigenvalue weighted by molar-refractivity contribution is -0.139. The molecule has 2 fully saturated rings. The van der Waals surface area contributed by atoms with Crippen LogP contribution in [-0.2, 0) is 14.3 Å². The number of hydrogen-bond acceptors (Lipinski definition) is 7. The van der Waals surface area contributed by atoms with Gasteiger partial charge in [0.15, 0.2) is 11.5 Å². The molecule has 138 valence electrons. The molecular formula is C17H18N2O6S. The van der Waals surface area contributed by atoms with Crippen LogP contribution in [0.5, 0.6) is 11.5 Å². The maximum absolute atomic E-state index is 12.5. The zero-order chi connectivity index (χ0) is 18.7. The number of benzene rings is 1. The van der Waals surface area contributed by atoms with E-state index in [1.807, 2.05) is 0 Å². The van der Waals surface area contributed by atoms with Gasteiger partial charge in [-0.3, -0.25) is 19.3 Å². The molecule has 0 unspecified atom stereocenters. The van der Waals surface area contributed by atoms with E-state index < -0.39 is 11.1 Å². The lowest BCUT2D eigenvalue weighted by Crippen LogP contribution is -2.46. The summed E-state index contributed by atoms with van der Waals surface area (Å²) in [5.41, 5.74) is 0.549. The van der Waals surface area contributed by atoms with Crippen LogP contribution in [0.3, 0.4) is 0 Å². The normalized spacial score (nSPS) is 19.3.